The zero-order valence-corrected chi connectivity index (χ0v) is 17.5. The fraction of sp³-hybridized carbons (Fsp3) is 0.632. The van der Waals surface area contributed by atoms with Crippen molar-refractivity contribution in [2.75, 3.05) is 46.5 Å². The highest BCUT2D eigenvalue weighted by molar-refractivity contribution is 5.86. The molecule has 0 spiro atoms. The normalized spacial score (nSPS) is 19.4. The summed E-state index contributed by atoms with van der Waals surface area (Å²) in [5.41, 5.74) is 1.74. The summed E-state index contributed by atoms with van der Waals surface area (Å²) < 4.78 is 11.0. The number of carbonyl (C=O) groups excluding carboxylic acids is 1. The zero-order chi connectivity index (χ0) is 17.5. The van der Waals surface area contributed by atoms with Crippen LogP contribution in [0.4, 0.5) is 0 Å². The van der Waals surface area contributed by atoms with Gasteiger partial charge in [-0.2, -0.15) is 0 Å². The Morgan fingerprint density at radius 2 is 1.81 bits per heavy atom. The van der Waals surface area contributed by atoms with Gasteiger partial charge in [-0.25, -0.2) is 0 Å². The van der Waals surface area contributed by atoms with Gasteiger partial charge in [0.05, 0.1) is 13.2 Å². The third-order valence-corrected chi connectivity index (χ3v) is 5.27. The SMILES string of the molecule is COC1(C(=O)NCc2ccccc2CN2CCOCC2)CCNCC1.Cl.Cl. The summed E-state index contributed by atoms with van der Waals surface area (Å²) in [6.45, 7) is 6.57. The first-order valence-corrected chi connectivity index (χ1v) is 9.14. The number of nitrogens with zero attached hydrogens (tertiary/aromatic N) is 1. The number of halogens is 2. The lowest BCUT2D eigenvalue weighted by molar-refractivity contribution is -0.146. The van der Waals surface area contributed by atoms with E-state index in [1.807, 2.05) is 6.07 Å². The number of nitrogens with one attached hydrogen (secondary N) is 2. The van der Waals surface area contributed by atoms with Crippen LogP contribution < -0.4 is 10.6 Å². The van der Waals surface area contributed by atoms with Crippen molar-refractivity contribution in [1.29, 1.82) is 0 Å². The number of hydrogen-bond acceptors (Lipinski definition) is 5. The van der Waals surface area contributed by atoms with Crippen molar-refractivity contribution in [3.05, 3.63) is 35.4 Å². The van der Waals surface area contributed by atoms with Crippen LogP contribution in [0.2, 0.25) is 0 Å². The second-order valence-corrected chi connectivity index (χ2v) is 6.79. The summed E-state index contributed by atoms with van der Waals surface area (Å²) in [6.07, 6.45) is 1.43. The van der Waals surface area contributed by atoms with E-state index in [1.165, 1.54) is 11.1 Å². The molecule has 6 nitrogen and oxygen atoms in total. The average molecular weight is 420 g/mol. The minimum Gasteiger partial charge on any atom is -0.379 e. The second kappa shape index (κ2) is 11.8. The van der Waals surface area contributed by atoms with Gasteiger partial charge in [-0.15, -0.1) is 24.8 Å². The maximum atomic E-state index is 12.7. The van der Waals surface area contributed by atoms with Crippen molar-refractivity contribution >= 4 is 30.7 Å². The molecule has 2 N–H and O–H groups in total. The molecule has 0 aliphatic carbocycles. The molecule has 1 aromatic carbocycles. The maximum Gasteiger partial charge on any atom is 0.252 e. The Kier molecular flexibility index (Phi) is 10.6. The van der Waals surface area contributed by atoms with Gasteiger partial charge in [0.1, 0.15) is 5.60 Å². The van der Waals surface area contributed by atoms with Crippen LogP contribution in [0.25, 0.3) is 0 Å². The van der Waals surface area contributed by atoms with Gasteiger partial charge in [0.25, 0.3) is 5.91 Å². The molecule has 2 fully saturated rings. The Morgan fingerprint density at radius 1 is 1.19 bits per heavy atom. The summed E-state index contributed by atoms with van der Waals surface area (Å²) in [7, 11) is 1.64. The van der Waals surface area contributed by atoms with Crippen molar-refractivity contribution in [1.82, 2.24) is 15.5 Å². The van der Waals surface area contributed by atoms with Gasteiger partial charge in [-0.05, 0) is 37.1 Å². The topological polar surface area (TPSA) is 62.8 Å². The van der Waals surface area contributed by atoms with Crippen LogP contribution in [0.3, 0.4) is 0 Å². The van der Waals surface area contributed by atoms with Crippen LogP contribution in [0.5, 0.6) is 0 Å². The number of hydrogen-bond donors (Lipinski definition) is 2. The molecule has 1 aromatic rings. The summed E-state index contributed by atoms with van der Waals surface area (Å²) in [6, 6.07) is 8.33. The van der Waals surface area contributed by atoms with Gasteiger partial charge in [0, 0.05) is 33.3 Å². The minimum absolute atomic E-state index is 0. The van der Waals surface area contributed by atoms with Gasteiger partial charge in [0.15, 0.2) is 0 Å². The second-order valence-electron chi connectivity index (χ2n) is 6.79. The molecule has 1 amide bonds. The van der Waals surface area contributed by atoms with E-state index in [-0.39, 0.29) is 30.7 Å². The fourth-order valence-electron chi connectivity index (χ4n) is 3.58. The van der Waals surface area contributed by atoms with E-state index >= 15 is 0 Å². The summed E-state index contributed by atoms with van der Waals surface area (Å²) in [5.74, 6) is -0.00215. The fourth-order valence-corrected chi connectivity index (χ4v) is 3.58. The van der Waals surface area contributed by atoms with Crippen LogP contribution in [-0.4, -0.2) is 62.9 Å². The van der Waals surface area contributed by atoms with E-state index in [2.05, 4.69) is 33.7 Å². The number of rotatable bonds is 6. The molecule has 154 valence electrons. The Labute approximate surface area is 174 Å². The molecular weight excluding hydrogens is 389 g/mol. The molecule has 2 heterocycles. The number of carbonyl (C=O) groups is 1. The van der Waals surface area contributed by atoms with Gasteiger partial charge in [-0.1, -0.05) is 24.3 Å². The van der Waals surface area contributed by atoms with Crippen LogP contribution in [0.1, 0.15) is 24.0 Å². The lowest BCUT2D eigenvalue weighted by Gasteiger charge is -2.35. The van der Waals surface area contributed by atoms with Crippen molar-refractivity contribution in [2.45, 2.75) is 31.5 Å². The quantitative estimate of drug-likeness (QED) is 0.735. The van der Waals surface area contributed by atoms with Crippen LogP contribution in [-0.2, 0) is 27.4 Å². The van der Waals surface area contributed by atoms with Crippen molar-refractivity contribution in [2.24, 2.45) is 0 Å². The molecule has 0 atom stereocenters. The third kappa shape index (κ3) is 6.31. The van der Waals surface area contributed by atoms with Crippen LogP contribution in [0, 0.1) is 0 Å². The monoisotopic (exact) mass is 419 g/mol. The first-order chi connectivity index (χ1) is 12.2. The molecule has 27 heavy (non-hydrogen) atoms. The molecule has 8 heteroatoms. The lowest BCUT2D eigenvalue weighted by Crippen LogP contribution is -2.54. The predicted octanol–water partition coefficient (Wildman–Crippen LogP) is 1.75. The molecule has 2 saturated heterocycles. The number of methoxy groups -OCH3 is 1. The number of morpholine rings is 1. The molecule has 0 unspecified atom stereocenters. The maximum absolute atomic E-state index is 12.7. The molecule has 2 aliphatic rings. The van der Waals surface area contributed by atoms with E-state index in [0.29, 0.717) is 19.4 Å². The Morgan fingerprint density at radius 3 is 2.44 bits per heavy atom. The molecule has 3 rings (SSSR count). The van der Waals surface area contributed by atoms with Gasteiger partial charge >= 0.3 is 0 Å². The standard InChI is InChI=1S/C19H29N3O3.2ClH/c1-24-19(6-8-20-9-7-19)18(23)21-14-16-4-2-3-5-17(16)15-22-10-12-25-13-11-22;;/h2-5,20H,6-15H2,1H3,(H,21,23);2*1H. The van der Waals surface area contributed by atoms with Gasteiger partial charge in [0.2, 0.25) is 0 Å². The van der Waals surface area contributed by atoms with Crippen LogP contribution >= 0.6 is 24.8 Å². The number of piperidine rings is 1. The van der Waals surface area contributed by atoms with E-state index < -0.39 is 5.60 Å². The Balaban J connectivity index is 0.00000182. The van der Waals surface area contributed by atoms with E-state index in [4.69, 9.17) is 9.47 Å². The van der Waals surface area contributed by atoms with Crippen molar-refractivity contribution in [3.8, 4) is 0 Å². The smallest absolute Gasteiger partial charge is 0.252 e. The highest BCUT2D eigenvalue weighted by atomic mass is 35.5. The summed E-state index contributed by atoms with van der Waals surface area (Å²) in [5, 5.41) is 6.38. The molecule has 0 radical (unpaired) electrons. The van der Waals surface area contributed by atoms with Gasteiger partial charge < -0.3 is 20.1 Å². The van der Waals surface area contributed by atoms with Crippen LogP contribution in [0.15, 0.2) is 24.3 Å². The molecule has 0 aromatic heterocycles. The molecule has 0 saturated carbocycles. The zero-order valence-electron chi connectivity index (χ0n) is 15.9. The third-order valence-electron chi connectivity index (χ3n) is 5.27. The van der Waals surface area contributed by atoms with Gasteiger partial charge in [-0.3, -0.25) is 9.69 Å². The first kappa shape index (κ1) is 24.1. The highest BCUT2D eigenvalue weighted by Gasteiger charge is 2.39. The highest BCUT2D eigenvalue weighted by Crippen LogP contribution is 2.23. The van der Waals surface area contributed by atoms with E-state index in [9.17, 15) is 4.79 Å². The summed E-state index contributed by atoms with van der Waals surface area (Å²) >= 11 is 0. The largest absolute Gasteiger partial charge is 0.379 e. The molecular formula is C19H31Cl2N3O3. The lowest BCUT2D eigenvalue weighted by atomic mass is 9.91. The van der Waals surface area contributed by atoms with E-state index in [0.717, 1.165) is 45.9 Å². The summed E-state index contributed by atoms with van der Waals surface area (Å²) in [4.78, 5) is 15.1. The molecule has 0 bridgehead atoms. The van der Waals surface area contributed by atoms with Crippen molar-refractivity contribution in [3.63, 3.8) is 0 Å². The number of amides is 1. The van der Waals surface area contributed by atoms with E-state index in [1.54, 1.807) is 7.11 Å². The number of ether oxygens (including phenoxy) is 2. The Bertz CT molecular complexity index is 577. The number of benzene rings is 1. The minimum atomic E-state index is -0.690. The average Bonchev–Trinajstić information content (AvgIpc) is 2.68. The van der Waals surface area contributed by atoms with Crippen molar-refractivity contribution < 1.29 is 14.3 Å². The first-order valence-electron chi connectivity index (χ1n) is 9.14. The molecule has 2 aliphatic heterocycles. The Hall–Kier alpha value is -0.890. The predicted molar refractivity (Wildman–Crippen MR) is 111 cm³/mol.